The van der Waals surface area contributed by atoms with E-state index >= 15 is 0 Å². The summed E-state index contributed by atoms with van der Waals surface area (Å²) in [7, 11) is 0. The van der Waals surface area contributed by atoms with Gasteiger partial charge < -0.3 is 10.5 Å². The van der Waals surface area contributed by atoms with Crippen molar-refractivity contribution in [3.63, 3.8) is 0 Å². The van der Waals surface area contributed by atoms with Crippen molar-refractivity contribution in [3.05, 3.63) is 6.07 Å². The van der Waals surface area contributed by atoms with E-state index in [9.17, 15) is 0 Å². The maximum atomic E-state index is 5.64. The number of ether oxygens (including phenoxy) is 1. The number of hydrogen-bond acceptors (Lipinski definition) is 5. The molecular formula is C11H19N3OS. The third-order valence-corrected chi connectivity index (χ3v) is 2.61. The van der Waals surface area contributed by atoms with E-state index in [1.165, 1.54) is 11.8 Å². The van der Waals surface area contributed by atoms with Gasteiger partial charge in [0.2, 0.25) is 5.88 Å². The number of hydrogen-bond donors (Lipinski definition) is 1. The molecular weight excluding hydrogens is 222 g/mol. The Morgan fingerprint density at radius 2 is 2.19 bits per heavy atom. The molecule has 0 saturated heterocycles. The lowest BCUT2D eigenvalue weighted by Crippen LogP contribution is -2.03. The number of aromatic nitrogens is 2. The number of nitrogens with zero attached hydrogens (tertiary/aromatic N) is 2. The molecule has 0 unspecified atom stereocenters. The van der Waals surface area contributed by atoms with Crippen LogP contribution in [0.25, 0.3) is 0 Å². The van der Waals surface area contributed by atoms with Crippen molar-refractivity contribution in [1.82, 2.24) is 9.97 Å². The van der Waals surface area contributed by atoms with Gasteiger partial charge in [0.1, 0.15) is 5.82 Å². The van der Waals surface area contributed by atoms with Crippen LogP contribution in [0.2, 0.25) is 0 Å². The Hall–Kier alpha value is -0.970. The van der Waals surface area contributed by atoms with Crippen LogP contribution in [-0.4, -0.2) is 22.8 Å². The molecule has 0 bridgehead atoms. The molecule has 1 aromatic heterocycles. The van der Waals surface area contributed by atoms with Crippen molar-refractivity contribution < 1.29 is 4.74 Å². The van der Waals surface area contributed by atoms with Crippen LogP contribution in [0, 0.1) is 5.92 Å². The van der Waals surface area contributed by atoms with Gasteiger partial charge in [-0.05, 0) is 25.0 Å². The molecule has 0 amide bonds. The Morgan fingerprint density at radius 1 is 1.44 bits per heavy atom. The molecule has 0 aromatic carbocycles. The summed E-state index contributed by atoms with van der Waals surface area (Å²) in [4.78, 5) is 8.28. The molecule has 2 N–H and O–H groups in total. The third-order valence-electron chi connectivity index (χ3n) is 2.06. The highest BCUT2D eigenvalue weighted by atomic mass is 32.2. The van der Waals surface area contributed by atoms with E-state index < -0.39 is 0 Å². The topological polar surface area (TPSA) is 61.0 Å². The molecule has 1 aromatic rings. The second-order valence-corrected chi connectivity index (χ2v) is 4.78. The van der Waals surface area contributed by atoms with E-state index in [1.54, 1.807) is 6.07 Å². The monoisotopic (exact) mass is 241 g/mol. The molecule has 90 valence electrons. The Morgan fingerprint density at radius 3 is 2.81 bits per heavy atom. The molecule has 0 saturated carbocycles. The number of nitrogen functional groups attached to an aromatic ring is 1. The van der Waals surface area contributed by atoms with Crippen LogP contribution in [0.3, 0.4) is 0 Å². The normalized spacial score (nSPS) is 10.8. The van der Waals surface area contributed by atoms with Crippen molar-refractivity contribution in [2.45, 2.75) is 31.8 Å². The Bertz CT molecular complexity index is 331. The Balaban J connectivity index is 2.44. The van der Waals surface area contributed by atoms with Crippen LogP contribution >= 0.6 is 11.8 Å². The summed E-state index contributed by atoms with van der Waals surface area (Å²) in [5.41, 5.74) is 5.64. The predicted molar refractivity (Wildman–Crippen MR) is 67.8 cm³/mol. The second-order valence-electron chi connectivity index (χ2n) is 4.00. The van der Waals surface area contributed by atoms with Crippen LogP contribution in [0.4, 0.5) is 5.82 Å². The summed E-state index contributed by atoms with van der Waals surface area (Å²) in [6, 6.07) is 1.66. The molecule has 1 rings (SSSR count). The minimum Gasteiger partial charge on any atom is -0.478 e. The van der Waals surface area contributed by atoms with E-state index in [4.69, 9.17) is 10.5 Å². The zero-order chi connectivity index (χ0) is 12.0. The lowest BCUT2D eigenvalue weighted by atomic mass is 10.1. The molecule has 0 atom stereocenters. The number of thioether (sulfide) groups is 1. The van der Waals surface area contributed by atoms with Crippen LogP contribution in [0.1, 0.15) is 26.7 Å². The fraction of sp³-hybridized carbons (Fsp3) is 0.636. The zero-order valence-corrected chi connectivity index (χ0v) is 10.9. The number of rotatable bonds is 6. The summed E-state index contributed by atoms with van der Waals surface area (Å²) in [6.45, 7) is 5.09. The Labute approximate surface area is 101 Å². The van der Waals surface area contributed by atoms with Gasteiger partial charge in [0.15, 0.2) is 5.16 Å². The first-order valence-corrected chi connectivity index (χ1v) is 6.65. The highest BCUT2D eigenvalue weighted by Gasteiger charge is 2.02. The summed E-state index contributed by atoms with van der Waals surface area (Å²) in [5.74, 6) is 1.74. The van der Waals surface area contributed by atoms with Gasteiger partial charge >= 0.3 is 0 Å². The average Bonchev–Trinajstić information content (AvgIpc) is 2.23. The van der Waals surface area contributed by atoms with E-state index in [2.05, 4.69) is 23.8 Å². The van der Waals surface area contributed by atoms with Gasteiger partial charge in [-0.2, -0.15) is 4.98 Å². The first-order chi connectivity index (χ1) is 7.61. The minimum atomic E-state index is 0.457. The average molecular weight is 241 g/mol. The predicted octanol–water partition coefficient (Wildman–Crippen LogP) is 2.60. The summed E-state index contributed by atoms with van der Waals surface area (Å²) in [5, 5.41) is 0.652. The molecule has 4 nitrogen and oxygen atoms in total. The highest BCUT2D eigenvalue weighted by Crippen LogP contribution is 2.17. The quantitative estimate of drug-likeness (QED) is 0.471. The summed E-state index contributed by atoms with van der Waals surface area (Å²) in [6.07, 6.45) is 4.11. The van der Waals surface area contributed by atoms with Gasteiger partial charge in [-0.1, -0.05) is 25.6 Å². The molecule has 0 aliphatic carbocycles. The van der Waals surface area contributed by atoms with E-state index in [0.29, 0.717) is 29.4 Å². The SMILES string of the molecule is CSc1nc(N)cc(OCCCC(C)C)n1. The standard InChI is InChI=1S/C11H19N3OS/c1-8(2)5-4-6-15-10-7-9(12)13-11(14-10)16-3/h7-8H,4-6H2,1-3H3,(H2,12,13,14). The lowest BCUT2D eigenvalue weighted by molar-refractivity contribution is 0.284. The molecule has 0 fully saturated rings. The molecule has 0 aliphatic rings. The van der Waals surface area contributed by atoms with Gasteiger partial charge in [0.05, 0.1) is 6.61 Å². The van der Waals surface area contributed by atoms with Gasteiger partial charge in [0, 0.05) is 6.07 Å². The van der Waals surface area contributed by atoms with Gasteiger partial charge in [0.25, 0.3) is 0 Å². The molecule has 0 spiro atoms. The Kier molecular flexibility index (Phi) is 5.38. The molecule has 5 heteroatoms. The van der Waals surface area contributed by atoms with Gasteiger partial charge in [-0.25, -0.2) is 4.98 Å². The fourth-order valence-corrected chi connectivity index (χ4v) is 1.63. The smallest absolute Gasteiger partial charge is 0.219 e. The van der Waals surface area contributed by atoms with E-state index in [1.807, 2.05) is 6.26 Å². The zero-order valence-electron chi connectivity index (χ0n) is 10.1. The highest BCUT2D eigenvalue weighted by molar-refractivity contribution is 7.98. The summed E-state index contributed by atoms with van der Waals surface area (Å²) >= 11 is 1.46. The first-order valence-electron chi connectivity index (χ1n) is 5.43. The molecule has 0 aliphatic heterocycles. The van der Waals surface area contributed by atoms with Crippen molar-refractivity contribution >= 4 is 17.6 Å². The van der Waals surface area contributed by atoms with Crippen LogP contribution < -0.4 is 10.5 Å². The second kappa shape index (κ2) is 6.58. The molecule has 0 radical (unpaired) electrons. The van der Waals surface area contributed by atoms with Crippen molar-refractivity contribution in [2.75, 3.05) is 18.6 Å². The van der Waals surface area contributed by atoms with Crippen LogP contribution in [0.5, 0.6) is 5.88 Å². The minimum absolute atomic E-state index is 0.457. The van der Waals surface area contributed by atoms with E-state index in [0.717, 1.165) is 12.8 Å². The van der Waals surface area contributed by atoms with E-state index in [-0.39, 0.29) is 0 Å². The summed E-state index contributed by atoms with van der Waals surface area (Å²) < 4.78 is 5.54. The van der Waals surface area contributed by atoms with Crippen molar-refractivity contribution in [3.8, 4) is 5.88 Å². The van der Waals surface area contributed by atoms with Gasteiger partial charge in [-0.3, -0.25) is 0 Å². The van der Waals surface area contributed by atoms with Crippen molar-refractivity contribution in [1.29, 1.82) is 0 Å². The van der Waals surface area contributed by atoms with Crippen LogP contribution in [0.15, 0.2) is 11.2 Å². The maximum Gasteiger partial charge on any atom is 0.219 e. The maximum absolute atomic E-state index is 5.64. The third kappa shape index (κ3) is 4.70. The first kappa shape index (κ1) is 13.1. The number of anilines is 1. The molecule has 16 heavy (non-hydrogen) atoms. The van der Waals surface area contributed by atoms with Crippen LogP contribution in [-0.2, 0) is 0 Å². The largest absolute Gasteiger partial charge is 0.478 e. The number of nitrogens with two attached hydrogens (primary N) is 1. The van der Waals surface area contributed by atoms with Gasteiger partial charge in [-0.15, -0.1) is 0 Å². The lowest BCUT2D eigenvalue weighted by Gasteiger charge is -2.08. The van der Waals surface area contributed by atoms with Crippen molar-refractivity contribution in [2.24, 2.45) is 5.92 Å². The fourth-order valence-electron chi connectivity index (χ4n) is 1.25. The molecule has 1 heterocycles.